The molecule has 0 spiro atoms. The Morgan fingerprint density at radius 2 is 1.69 bits per heavy atom. The average Bonchev–Trinajstić information content (AvgIpc) is 2.97. The molecule has 1 aliphatic heterocycles. The van der Waals surface area contributed by atoms with Crippen molar-refractivity contribution in [2.45, 2.75) is 24.9 Å². The number of aromatic amines is 1. The van der Waals surface area contributed by atoms with Crippen molar-refractivity contribution in [1.29, 1.82) is 0 Å². The minimum Gasteiger partial charge on any atom is -0.790 e. The van der Waals surface area contributed by atoms with E-state index in [2.05, 4.69) is 13.1 Å². The number of H-pyrrole nitrogens is 1. The number of ether oxygens (including phenoxy) is 1. The first-order valence-electron chi connectivity index (χ1n) is 8.39. The van der Waals surface area contributed by atoms with Crippen LogP contribution < -0.4 is 155 Å². The number of aliphatic hydroxyl groups is 1. The van der Waals surface area contributed by atoms with Crippen molar-refractivity contribution in [1.82, 2.24) is 9.55 Å². The van der Waals surface area contributed by atoms with Gasteiger partial charge in [-0.25, -0.2) is 9.11 Å². The van der Waals surface area contributed by atoms with Crippen LogP contribution in [-0.2, 0) is 31.6 Å². The predicted molar refractivity (Wildman–Crippen MR) is 94.9 cm³/mol. The van der Waals surface area contributed by atoms with Crippen LogP contribution in [0.15, 0.2) is 21.9 Å². The van der Waals surface area contributed by atoms with Gasteiger partial charge >= 0.3 is 124 Å². The first kappa shape index (κ1) is 43.2. The molecule has 2 unspecified atom stereocenters. The Bertz CT molecular complexity index is 1130. The summed E-state index contributed by atoms with van der Waals surface area (Å²) in [4.78, 5) is 69.2. The summed E-state index contributed by atoms with van der Waals surface area (Å²) in [6.07, 6.45) is -0.403. The second-order valence-electron chi connectivity index (χ2n) is 6.12. The number of aromatic nitrogens is 2. The van der Waals surface area contributed by atoms with Gasteiger partial charge in [-0.2, -0.15) is 0 Å². The van der Waals surface area contributed by atoms with Crippen molar-refractivity contribution in [3.8, 4) is 0 Å². The van der Waals surface area contributed by atoms with E-state index >= 15 is 0 Å². The minimum atomic E-state index is -6.13. The Morgan fingerprint density at radius 1 is 1.11 bits per heavy atom. The molecular formula is C12H16N3Na4O14P3. The van der Waals surface area contributed by atoms with Crippen LogP contribution in [0.2, 0.25) is 0 Å². The molecule has 5 atom stereocenters. The number of phosphoric ester groups is 1. The molecule has 1 saturated heterocycles. The smallest absolute Gasteiger partial charge is 0.790 e. The van der Waals surface area contributed by atoms with Gasteiger partial charge in [0.1, 0.15) is 12.3 Å². The molecule has 2 heterocycles. The second kappa shape index (κ2) is 18.3. The summed E-state index contributed by atoms with van der Waals surface area (Å²) in [5, 5.41) is 10.0. The number of nitrogens with zero attached hydrogens (tertiary/aromatic N) is 1. The van der Waals surface area contributed by atoms with Crippen LogP contribution in [0.25, 0.3) is 6.08 Å². The first-order valence-corrected chi connectivity index (χ1v) is 12.8. The van der Waals surface area contributed by atoms with E-state index < -0.39 is 59.8 Å². The fourth-order valence-electron chi connectivity index (χ4n) is 2.51. The summed E-state index contributed by atoms with van der Waals surface area (Å²) in [6.45, 7) is -0.917. The fraction of sp³-hybridized carbons (Fsp3) is 0.500. The van der Waals surface area contributed by atoms with Crippen molar-refractivity contribution in [3.05, 3.63) is 38.7 Å². The third-order valence-corrected chi connectivity index (χ3v) is 7.41. The molecule has 1 aliphatic rings. The zero-order valence-corrected chi connectivity index (χ0v) is 30.4. The molecule has 1 fully saturated rings. The van der Waals surface area contributed by atoms with Crippen LogP contribution in [-0.4, -0.2) is 40.0 Å². The number of nitrogens with two attached hydrogens (primary N) is 1. The van der Waals surface area contributed by atoms with Gasteiger partial charge in [-0.3, -0.25) is 27.8 Å². The topological polar surface area (TPSA) is 281 Å². The van der Waals surface area contributed by atoms with Crippen molar-refractivity contribution in [2.24, 2.45) is 5.73 Å². The van der Waals surface area contributed by atoms with E-state index in [-0.39, 0.29) is 137 Å². The van der Waals surface area contributed by atoms with Gasteiger partial charge in [0.2, 0.25) is 0 Å². The number of phosphoric acid groups is 3. The van der Waals surface area contributed by atoms with Crippen LogP contribution >= 0.6 is 23.5 Å². The quantitative estimate of drug-likeness (QED) is 0.164. The molecule has 17 nitrogen and oxygen atoms in total. The largest absolute Gasteiger partial charge is 1.00 e. The first-order chi connectivity index (χ1) is 14.6. The molecule has 24 heteroatoms. The van der Waals surface area contributed by atoms with Crippen molar-refractivity contribution >= 4 is 29.5 Å². The van der Waals surface area contributed by atoms with E-state index in [1.165, 1.54) is 12.2 Å². The van der Waals surface area contributed by atoms with E-state index in [1.807, 2.05) is 4.98 Å². The van der Waals surface area contributed by atoms with E-state index in [1.54, 1.807) is 0 Å². The summed E-state index contributed by atoms with van der Waals surface area (Å²) in [7, 11) is -18.1. The van der Waals surface area contributed by atoms with Crippen molar-refractivity contribution in [3.63, 3.8) is 0 Å². The number of hydrogen-bond donors (Lipinski definition) is 3. The van der Waals surface area contributed by atoms with Crippen LogP contribution in [0.5, 0.6) is 0 Å². The summed E-state index contributed by atoms with van der Waals surface area (Å²) in [6, 6.07) is 0. The van der Waals surface area contributed by atoms with Gasteiger partial charge in [0.15, 0.2) is 0 Å². The van der Waals surface area contributed by atoms with E-state index in [4.69, 9.17) is 10.5 Å². The van der Waals surface area contributed by atoms with Crippen LogP contribution in [0, 0.1) is 0 Å². The predicted octanol–water partition coefficient (Wildman–Crippen LogP) is -16.0. The summed E-state index contributed by atoms with van der Waals surface area (Å²) in [5.74, 6) is 0. The third kappa shape index (κ3) is 14.6. The van der Waals surface area contributed by atoms with Gasteiger partial charge in [-0.1, -0.05) is 12.2 Å². The molecule has 4 N–H and O–H groups in total. The zero-order chi connectivity index (χ0) is 24.3. The van der Waals surface area contributed by atoms with Gasteiger partial charge in [-0.15, -0.1) is 0 Å². The summed E-state index contributed by atoms with van der Waals surface area (Å²) in [5.41, 5.74) is 3.71. The maximum absolute atomic E-state index is 12.1. The molecule has 36 heavy (non-hydrogen) atoms. The van der Waals surface area contributed by atoms with Crippen LogP contribution in [0.4, 0.5) is 0 Å². The van der Waals surface area contributed by atoms with Crippen molar-refractivity contribution in [2.75, 3.05) is 13.2 Å². The summed E-state index contributed by atoms with van der Waals surface area (Å²) < 4.78 is 49.9. The normalized spacial score (nSPS) is 22.8. The second-order valence-corrected chi connectivity index (χ2v) is 10.4. The monoisotopic (exact) mass is 611 g/mol. The number of rotatable bonds is 10. The molecule has 1 aromatic rings. The standard InChI is InChI=1S/C12H20N3O14P3.4Na/c13-3-1-2-7-5-15(12(18)14-11(7)17)10-4-8(16)9(27-10)6-26-31(22,23)29-32(24,25)28-30(19,20)21;;;;/h1-2,5,8-10,16H,3-4,6,13H2,(H,22,23)(H,24,25)(H,14,17,18)(H2,19,20,21);;;;/q;4*+1/p-4/t8-,9+,10+;;;;/m0..../s1. The molecule has 1 aromatic heterocycles. The average molecular weight is 611 g/mol. The van der Waals surface area contributed by atoms with Crippen molar-refractivity contribution < 1.29 is 174 Å². The molecule has 0 aliphatic carbocycles. The zero-order valence-electron chi connectivity index (χ0n) is 19.7. The SMILES string of the molecule is NCC=Cc1cn([C@H]2C[C@H](O)[C@@H](COP(=O)([O-])OP(=O)([O-])OP(=O)([O-])[O-])O2)c(=O)[nH]c1=O.[Na+].[Na+].[Na+].[Na+]. The minimum absolute atomic E-state index is 0. The Balaban J connectivity index is -0.00000272. The molecular weight excluding hydrogens is 595 g/mol. The maximum Gasteiger partial charge on any atom is 1.00 e. The molecule has 0 saturated carbocycles. The molecule has 0 amide bonds. The molecule has 182 valence electrons. The Morgan fingerprint density at radius 3 is 2.22 bits per heavy atom. The molecule has 2 rings (SSSR count). The van der Waals surface area contributed by atoms with E-state index in [0.717, 1.165) is 10.8 Å². The Kier molecular flexibility index (Phi) is 21.9. The maximum atomic E-state index is 12.1. The van der Waals surface area contributed by atoms with Gasteiger partial charge in [0.25, 0.3) is 21.2 Å². The van der Waals surface area contributed by atoms with Gasteiger partial charge in [0.05, 0.1) is 26.1 Å². The number of aliphatic hydroxyl groups excluding tert-OH is 1. The Labute approximate surface area is 292 Å². The van der Waals surface area contributed by atoms with E-state index in [0.29, 0.717) is 0 Å². The van der Waals surface area contributed by atoms with Gasteiger partial charge in [-0.05, 0) is 0 Å². The Hall–Kier alpha value is 2.71. The van der Waals surface area contributed by atoms with Crippen LogP contribution in [0.3, 0.4) is 0 Å². The molecule has 0 bridgehead atoms. The summed E-state index contributed by atoms with van der Waals surface area (Å²) >= 11 is 0. The third-order valence-electron chi connectivity index (χ3n) is 3.74. The molecule has 0 aromatic carbocycles. The number of nitrogens with one attached hydrogen (secondary N) is 1. The van der Waals surface area contributed by atoms with Crippen LogP contribution in [0.1, 0.15) is 18.2 Å². The fourth-order valence-corrected chi connectivity index (χ4v) is 5.38. The van der Waals surface area contributed by atoms with Gasteiger partial charge in [0, 0.05) is 19.2 Å². The number of hydrogen-bond acceptors (Lipinski definition) is 15. The van der Waals surface area contributed by atoms with E-state index in [9.17, 15) is 48.0 Å². The van der Waals surface area contributed by atoms with Gasteiger partial charge < -0.3 is 44.2 Å². The molecule has 0 radical (unpaired) electrons.